The molecule has 10 aromatic carbocycles. The van der Waals surface area contributed by atoms with E-state index >= 15 is 0 Å². The summed E-state index contributed by atoms with van der Waals surface area (Å²) in [5.41, 5.74) is 12.1. The number of rotatable bonds is 4. The first-order chi connectivity index (χ1) is 27.8. The minimum atomic E-state index is 1.17. The maximum Gasteiger partial charge on any atom is 0.0547 e. The predicted molar refractivity (Wildman–Crippen MR) is 239 cm³/mol. The molecule has 2 aromatic heterocycles. The van der Waals surface area contributed by atoms with Crippen LogP contribution in [-0.2, 0) is 0 Å². The van der Waals surface area contributed by atoms with Gasteiger partial charge >= 0.3 is 0 Å². The number of fused-ring (bicyclic) bond motifs is 11. The zero-order chi connectivity index (χ0) is 36.7. The predicted octanol–water partition coefficient (Wildman–Crippen LogP) is 14.7. The maximum absolute atomic E-state index is 2.42. The highest BCUT2D eigenvalue weighted by atomic mass is 15.0. The summed E-state index contributed by atoms with van der Waals surface area (Å²) in [7, 11) is 0. The molecule has 0 amide bonds. The SMILES string of the molecule is c1ccc(-n2c3ccc(-c4ccc(-c5ccc6c(c5)c5c7ccccc7ccc5n6-c5ccccc5)c5ccccc45)cc3c3c4ccccc4ccc32)cc1. The molecule has 0 aliphatic rings. The summed E-state index contributed by atoms with van der Waals surface area (Å²) < 4.78 is 4.83. The van der Waals surface area contributed by atoms with E-state index in [1.807, 2.05) is 0 Å². The molecule has 0 saturated carbocycles. The van der Waals surface area contributed by atoms with Gasteiger partial charge in [0.25, 0.3) is 0 Å². The molecule has 0 fully saturated rings. The average Bonchev–Trinajstić information content (AvgIpc) is 3.79. The Hall–Kier alpha value is -7.42. The minimum Gasteiger partial charge on any atom is -0.309 e. The molecule has 0 aliphatic carbocycles. The van der Waals surface area contributed by atoms with Crippen molar-refractivity contribution >= 4 is 75.9 Å². The molecular weight excluding hydrogens is 677 g/mol. The Labute approximate surface area is 323 Å². The number of aromatic nitrogens is 2. The minimum absolute atomic E-state index is 1.17. The van der Waals surface area contributed by atoms with E-state index in [4.69, 9.17) is 0 Å². The van der Waals surface area contributed by atoms with Crippen LogP contribution in [0.1, 0.15) is 0 Å². The standard InChI is InChI=1S/C54H34N2/c1-3-15-39(16-4-1)55-49-29-25-37(33-47(49)53-43-19-9-7-13-35(43)23-31-51(53)55)41-27-28-42(46-22-12-11-21-45(41)46)38-26-30-50-48(34-38)54-44-20-10-8-14-36(44)24-32-52(54)56(50)40-17-5-2-6-18-40/h1-34H. The molecule has 0 saturated heterocycles. The molecule has 260 valence electrons. The zero-order valence-electron chi connectivity index (χ0n) is 30.5. The third-order valence-corrected chi connectivity index (χ3v) is 11.9. The van der Waals surface area contributed by atoms with Gasteiger partial charge in [-0.15, -0.1) is 0 Å². The second-order valence-corrected chi connectivity index (χ2v) is 14.9. The van der Waals surface area contributed by atoms with Crippen LogP contribution in [0, 0.1) is 0 Å². The summed E-state index contributed by atoms with van der Waals surface area (Å²) in [5.74, 6) is 0. The monoisotopic (exact) mass is 710 g/mol. The van der Waals surface area contributed by atoms with E-state index < -0.39 is 0 Å². The summed E-state index contributed by atoms with van der Waals surface area (Å²) in [6, 6.07) is 75.7. The lowest BCUT2D eigenvalue weighted by Crippen LogP contribution is -1.93. The topological polar surface area (TPSA) is 9.86 Å². The number of hydrogen-bond donors (Lipinski definition) is 0. The van der Waals surface area contributed by atoms with Crippen LogP contribution in [0.3, 0.4) is 0 Å². The summed E-state index contributed by atoms with van der Waals surface area (Å²) in [6.07, 6.45) is 0. The van der Waals surface area contributed by atoms with Gasteiger partial charge in [0.2, 0.25) is 0 Å². The van der Waals surface area contributed by atoms with Gasteiger partial charge in [-0.25, -0.2) is 0 Å². The Kier molecular flexibility index (Phi) is 6.66. The van der Waals surface area contributed by atoms with Crippen LogP contribution in [0.5, 0.6) is 0 Å². The van der Waals surface area contributed by atoms with E-state index in [1.54, 1.807) is 0 Å². The van der Waals surface area contributed by atoms with Gasteiger partial charge in [0.1, 0.15) is 0 Å². The summed E-state index contributed by atoms with van der Waals surface area (Å²) in [4.78, 5) is 0. The van der Waals surface area contributed by atoms with Crippen LogP contribution in [0.4, 0.5) is 0 Å². The maximum atomic E-state index is 2.42. The molecule has 0 radical (unpaired) electrons. The van der Waals surface area contributed by atoms with E-state index in [9.17, 15) is 0 Å². The quantitative estimate of drug-likeness (QED) is 0.172. The van der Waals surface area contributed by atoms with Gasteiger partial charge in [0.15, 0.2) is 0 Å². The molecule has 2 nitrogen and oxygen atoms in total. The molecule has 12 rings (SSSR count). The fraction of sp³-hybridized carbons (Fsp3) is 0. The van der Waals surface area contributed by atoms with Gasteiger partial charge < -0.3 is 9.13 Å². The van der Waals surface area contributed by atoms with E-state index in [0.29, 0.717) is 0 Å². The summed E-state index contributed by atoms with van der Waals surface area (Å²) in [5, 5.41) is 12.7. The second-order valence-electron chi connectivity index (χ2n) is 14.9. The molecule has 0 unspecified atom stereocenters. The lowest BCUT2D eigenvalue weighted by Gasteiger charge is -2.13. The number of para-hydroxylation sites is 2. The molecular formula is C54H34N2. The van der Waals surface area contributed by atoms with Crippen molar-refractivity contribution in [3.05, 3.63) is 206 Å². The van der Waals surface area contributed by atoms with Crippen LogP contribution >= 0.6 is 0 Å². The van der Waals surface area contributed by atoms with Gasteiger partial charge in [-0.3, -0.25) is 0 Å². The van der Waals surface area contributed by atoms with Crippen molar-refractivity contribution in [3.8, 4) is 33.6 Å². The Morgan fingerprint density at radius 3 is 1.07 bits per heavy atom. The van der Waals surface area contributed by atoms with Gasteiger partial charge in [0.05, 0.1) is 22.1 Å². The molecule has 2 heterocycles. The molecule has 2 heteroatoms. The summed E-state index contributed by atoms with van der Waals surface area (Å²) >= 11 is 0. The van der Waals surface area contributed by atoms with E-state index in [0.717, 1.165) is 0 Å². The average molecular weight is 711 g/mol. The largest absolute Gasteiger partial charge is 0.309 e. The molecule has 0 atom stereocenters. The number of hydrogen-bond acceptors (Lipinski definition) is 0. The fourth-order valence-electron chi connectivity index (χ4n) is 9.43. The summed E-state index contributed by atoms with van der Waals surface area (Å²) in [6.45, 7) is 0. The van der Waals surface area contributed by atoms with E-state index in [-0.39, 0.29) is 0 Å². The Balaban J connectivity index is 1.08. The smallest absolute Gasteiger partial charge is 0.0547 e. The highest BCUT2D eigenvalue weighted by Crippen LogP contribution is 2.43. The van der Waals surface area contributed by atoms with E-state index in [1.165, 1.54) is 110 Å². The van der Waals surface area contributed by atoms with Crippen molar-refractivity contribution in [2.75, 3.05) is 0 Å². The molecule has 0 N–H and O–H groups in total. The van der Waals surface area contributed by atoms with Gasteiger partial charge in [-0.05, 0) is 115 Å². The van der Waals surface area contributed by atoms with Crippen LogP contribution in [0.15, 0.2) is 206 Å². The van der Waals surface area contributed by atoms with Crippen molar-refractivity contribution in [2.24, 2.45) is 0 Å². The van der Waals surface area contributed by atoms with Gasteiger partial charge in [0, 0.05) is 32.9 Å². The van der Waals surface area contributed by atoms with Crippen LogP contribution in [-0.4, -0.2) is 9.13 Å². The number of benzene rings is 10. The zero-order valence-corrected chi connectivity index (χ0v) is 30.5. The van der Waals surface area contributed by atoms with Crippen LogP contribution in [0.25, 0.3) is 110 Å². The van der Waals surface area contributed by atoms with Gasteiger partial charge in [-0.2, -0.15) is 0 Å². The molecule has 0 bridgehead atoms. The fourth-order valence-corrected chi connectivity index (χ4v) is 9.43. The lowest BCUT2D eigenvalue weighted by atomic mass is 9.91. The van der Waals surface area contributed by atoms with Crippen molar-refractivity contribution in [2.45, 2.75) is 0 Å². The highest BCUT2D eigenvalue weighted by Gasteiger charge is 2.19. The molecule has 0 spiro atoms. The highest BCUT2D eigenvalue weighted by molar-refractivity contribution is 6.23. The van der Waals surface area contributed by atoms with Crippen LogP contribution in [0.2, 0.25) is 0 Å². The van der Waals surface area contributed by atoms with Crippen LogP contribution < -0.4 is 0 Å². The van der Waals surface area contributed by atoms with Crippen molar-refractivity contribution in [1.29, 1.82) is 0 Å². The van der Waals surface area contributed by atoms with Crippen molar-refractivity contribution < 1.29 is 0 Å². The second kappa shape index (κ2) is 12.0. The molecule has 0 aliphatic heterocycles. The number of nitrogens with zero attached hydrogens (tertiary/aromatic N) is 2. The molecule has 12 aromatic rings. The first-order valence-corrected chi connectivity index (χ1v) is 19.4. The first kappa shape index (κ1) is 31.0. The normalized spacial score (nSPS) is 11.9. The van der Waals surface area contributed by atoms with Crippen molar-refractivity contribution in [1.82, 2.24) is 9.13 Å². The van der Waals surface area contributed by atoms with Gasteiger partial charge in [-0.1, -0.05) is 146 Å². The lowest BCUT2D eigenvalue weighted by molar-refractivity contribution is 1.18. The third kappa shape index (κ3) is 4.50. The first-order valence-electron chi connectivity index (χ1n) is 19.4. The Morgan fingerprint density at radius 1 is 0.250 bits per heavy atom. The third-order valence-electron chi connectivity index (χ3n) is 11.9. The Morgan fingerprint density at radius 2 is 0.625 bits per heavy atom. The van der Waals surface area contributed by atoms with Crippen molar-refractivity contribution in [3.63, 3.8) is 0 Å². The van der Waals surface area contributed by atoms with E-state index in [2.05, 4.69) is 215 Å². The Bertz CT molecular complexity index is 3280. The molecule has 56 heavy (non-hydrogen) atoms.